The number of rotatable bonds is 3. The van der Waals surface area contributed by atoms with Crippen molar-refractivity contribution in [3.63, 3.8) is 0 Å². The summed E-state index contributed by atoms with van der Waals surface area (Å²) >= 11 is 5.64. The summed E-state index contributed by atoms with van der Waals surface area (Å²) in [6.07, 6.45) is 0. The molecule has 0 unspecified atom stereocenters. The van der Waals surface area contributed by atoms with Gasteiger partial charge in [0.1, 0.15) is 5.82 Å². The van der Waals surface area contributed by atoms with E-state index in [2.05, 4.69) is 15.3 Å². The fourth-order valence-corrected chi connectivity index (χ4v) is 2.10. The van der Waals surface area contributed by atoms with Gasteiger partial charge in [0.25, 0.3) is 5.56 Å². The van der Waals surface area contributed by atoms with Crippen LogP contribution in [-0.4, -0.2) is 9.97 Å². The number of aromatic amines is 1. The Kier molecular flexibility index (Phi) is 3.89. The van der Waals surface area contributed by atoms with Gasteiger partial charge in [0.2, 0.25) is 5.95 Å². The van der Waals surface area contributed by atoms with E-state index in [1.165, 1.54) is 18.2 Å². The second kappa shape index (κ2) is 5.99. The molecule has 6 heteroatoms. The zero-order chi connectivity index (χ0) is 15.5. The van der Waals surface area contributed by atoms with Crippen molar-refractivity contribution in [3.8, 4) is 11.3 Å². The molecule has 3 rings (SSSR count). The summed E-state index contributed by atoms with van der Waals surface area (Å²) in [5.41, 5.74) is 1.49. The minimum Gasteiger partial charge on any atom is -0.326 e. The fourth-order valence-electron chi connectivity index (χ4n) is 1.98. The van der Waals surface area contributed by atoms with Crippen LogP contribution in [0.2, 0.25) is 5.02 Å². The molecule has 2 N–H and O–H groups in total. The van der Waals surface area contributed by atoms with Crippen LogP contribution in [0, 0.1) is 5.82 Å². The van der Waals surface area contributed by atoms with E-state index in [0.717, 1.165) is 5.56 Å². The number of halogens is 2. The van der Waals surface area contributed by atoms with Crippen molar-refractivity contribution < 1.29 is 4.39 Å². The molecule has 0 saturated carbocycles. The standard InChI is InChI=1S/C16H11ClFN3O/c17-12-7-6-11(8-13(12)18)19-16-20-14(9-15(22)21-16)10-4-2-1-3-5-10/h1-9H,(H2,19,20,21,22). The molecule has 22 heavy (non-hydrogen) atoms. The zero-order valence-electron chi connectivity index (χ0n) is 11.3. The Morgan fingerprint density at radius 1 is 1.09 bits per heavy atom. The first kappa shape index (κ1) is 14.3. The molecule has 0 aliphatic carbocycles. The molecule has 1 heterocycles. The minimum atomic E-state index is -0.548. The lowest BCUT2D eigenvalue weighted by molar-refractivity contribution is 0.629. The molecule has 0 amide bonds. The summed E-state index contributed by atoms with van der Waals surface area (Å²) in [5, 5.41) is 2.89. The molecular formula is C16H11ClFN3O. The van der Waals surface area contributed by atoms with E-state index in [0.29, 0.717) is 11.4 Å². The van der Waals surface area contributed by atoms with Gasteiger partial charge >= 0.3 is 0 Å². The van der Waals surface area contributed by atoms with Gasteiger partial charge in [-0.3, -0.25) is 9.78 Å². The lowest BCUT2D eigenvalue weighted by atomic mass is 10.1. The number of hydrogen-bond donors (Lipinski definition) is 2. The van der Waals surface area contributed by atoms with E-state index >= 15 is 0 Å². The molecule has 0 saturated heterocycles. The molecular weight excluding hydrogens is 305 g/mol. The van der Waals surface area contributed by atoms with E-state index in [1.54, 1.807) is 6.07 Å². The maximum absolute atomic E-state index is 13.4. The third-order valence-electron chi connectivity index (χ3n) is 2.99. The van der Waals surface area contributed by atoms with Crippen LogP contribution in [0.15, 0.2) is 59.4 Å². The van der Waals surface area contributed by atoms with Crippen LogP contribution in [0.5, 0.6) is 0 Å². The highest BCUT2D eigenvalue weighted by molar-refractivity contribution is 6.30. The Morgan fingerprint density at radius 3 is 2.59 bits per heavy atom. The summed E-state index contributed by atoms with van der Waals surface area (Å²) in [7, 11) is 0. The highest BCUT2D eigenvalue weighted by Gasteiger charge is 2.06. The minimum absolute atomic E-state index is 0.0324. The molecule has 0 atom stereocenters. The zero-order valence-corrected chi connectivity index (χ0v) is 12.1. The molecule has 0 spiro atoms. The molecule has 0 fully saturated rings. The Balaban J connectivity index is 1.96. The second-order valence-corrected chi connectivity index (χ2v) is 5.01. The van der Waals surface area contributed by atoms with Crippen LogP contribution in [-0.2, 0) is 0 Å². The van der Waals surface area contributed by atoms with E-state index in [1.807, 2.05) is 30.3 Å². The summed E-state index contributed by atoms with van der Waals surface area (Å²) in [5.74, 6) is -0.318. The second-order valence-electron chi connectivity index (χ2n) is 4.60. The van der Waals surface area contributed by atoms with Crippen LogP contribution in [0.1, 0.15) is 0 Å². The van der Waals surface area contributed by atoms with E-state index in [9.17, 15) is 9.18 Å². The number of anilines is 2. The number of H-pyrrole nitrogens is 1. The molecule has 0 bridgehead atoms. The predicted molar refractivity (Wildman–Crippen MR) is 85.0 cm³/mol. The monoisotopic (exact) mass is 315 g/mol. The quantitative estimate of drug-likeness (QED) is 0.769. The van der Waals surface area contributed by atoms with Crippen molar-refractivity contribution in [2.45, 2.75) is 0 Å². The molecule has 3 aromatic rings. The lowest BCUT2D eigenvalue weighted by Crippen LogP contribution is -2.10. The molecule has 110 valence electrons. The maximum atomic E-state index is 13.4. The Hall–Kier alpha value is -2.66. The van der Waals surface area contributed by atoms with E-state index < -0.39 is 5.82 Å². The number of benzene rings is 2. The van der Waals surface area contributed by atoms with Gasteiger partial charge in [-0.1, -0.05) is 41.9 Å². The molecule has 1 aromatic heterocycles. The van der Waals surface area contributed by atoms with Gasteiger partial charge in [0, 0.05) is 17.3 Å². The number of hydrogen-bond acceptors (Lipinski definition) is 3. The number of nitrogens with one attached hydrogen (secondary N) is 2. The van der Waals surface area contributed by atoms with Crippen molar-refractivity contribution in [1.82, 2.24) is 9.97 Å². The average molecular weight is 316 g/mol. The van der Waals surface area contributed by atoms with Crippen molar-refractivity contribution in [1.29, 1.82) is 0 Å². The highest BCUT2D eigenvalue weighted by Crippen LogP contribution is 2.21. The maximum Gasteiger partial charge on any atom is 0.252 e. The van der Waals surface area contributed by atoms with Crippen LogP contribution >= 0.6 is 11.6 Å². The summed E-state index contributed by atoms with van der Waals surface area (Å²) in [6.45, 7) is 0. The SMILES string of the molecule is O=c1cc(-c2ccccc2)nc(Nc2ccc(Cl)c(F)c2)[nH]1. The van der Waals surface area contributed by atoms with Crippen molar-refractivity contribution in [2.75, 3.05) is 5.32 Å². The first-order valence-electron chi connectivity index (χ1n) is 6.51. The van der Waals surface area contributed by atoms with Crippen LogP contribution in [0.25, 0.3) is 11.3 Å². The molecule has 0 aliphatic heterocycles. The summed E-state index contributed by atoms with van der Waals surface area (Å²) < 4.78 is 13.4. The molecule has 0 radical (unpaired) electrons. The van der Waals surface area contributed by atoms with Crippen LogP contribution in [0.3, 0.4) is 0 Å². The number of nitrogens with zero attached hydrogens (tertiary/aromatic N) is 1. The summed E-state index contributed by atoms with van der Waals surface area (Å²) in [6, 6.07) is 15.0. The van der Waals surface area contributed by atoms with Crippen molar-refractivity contribution in [3.05, 3.63) is 75.8 Å². The third kappa shape index (κ3) is 3.15. The first-order chi connectivity index (χ1) is 10.6. The van der Waals surface area contributed by atoms with Gasteiger partial charge < -0.3 is 5.32 Å². The Morgan fingerprint density at radius 2 is 1.86 bits per heavy atom. The summed E-state index contributed by atoms with van der Waals surface area (Å²) in [4.78, 5) is 18.7. The van der Waals surface area contributed by atoms with Gasteiger partial charge in [-0.2, -0.15) is 0 Å². The van der Waals surface area contributed by atoms with Gasteiger partial charge in [-0.15, -0.1) is 0 Å². The first-order valence-corrected chi connectivity index (χ1v) is 6.88. The fraction of sp³-hybridized carbons (Fsp3) is 0. The normalized spacial score (nSPS) is 10.5. The number of aromatic nitrogens is 2. The Labute approximate surface area is 130 Å². The van der Waals surface area contributed by atoms with Gasteiger partial charge in [0.15, 0.2) is 0 Å². The highest BCUT2D eigenvalue weighted by atomic mass is 35.5. The molecule has 4 nitrogen and oxygen atoms in total. The van der Waals surface area contributed by atoms with Gasteiger partial charge in [-0.25, -0.2) is 9.37 Å². The molecule has 2 aromatic carbocycles. The smallest absolute Gasteiger partial charge is 0.252 e. The van der Waals surface area contributed by atoms with Crippen molar-refractivity contribution in [2.24, 2.45) is 0 Å². The average Bonchev–Trinajstić information content (AvgIpc) is 2.51. The van der Waals surface area contributed by atoms with Crippen LogP contribution in [0.4, 0.5) is 16.0 Å². The lowest BCUT2D eigenvalue weighted by Gasteiger charge is -2.08. The van der Waals surface area contributed by atoms with Crippen molar-refractivity contribution >= 4 is 23.2 Å². The largest absolute Gasteiger partial charge is 0.326 e. The van der Waals surface area contributed by atoms with Gasteiger partial charge in [0.05, 0.1) is 10.7 Å². The third-order valence-corrected chi connectivity index (χ3v) is 3.30. The molecule has 0 aliphatic rings. The predicted octanol–water partition coefficient (Wildman–Crippen LogP) is 3.97. The topological polar surface area (TPSA) is 57.8 Å². The van der Waals surface area contributed by atoms with E-state index in [4.69, 9.17) is 11.6 Å². The van der Waals surface area contributed by atoms with Gasteiger partial charge in [-0.05, 0) is 18.2 Å². The van der Waals surface area contributed by atoms with E-state index in [-0.39, 0.29) is 16.5 Å². The van der Waals surface area contributed by atoms with Crippen LogP contribution < -0.4 is 10.9 Å². The Bertz CT molecular complexity index is 865.